The van der Waals surface area contributed by atoms with Crippen LogP contribution in [-0.4, -0.2) is 17.8 Å². The van der Waals surface area contributed by atoms with E-state index in [1.165, 1.54) is 12.1 Å². The zero-order valence-electron chi connectivity index (χ0n) is 13.5. The van der Waals surface area contributed by atoms with E-state index < -0.39 is 17.8 Å². The fraction of sp³-hybridized carbons (Fsp3) is 0.0556. The van der Waals surface area contributed by atoms with Gasteiger partial charge in [-0.1, -0.05) is 40.9 Å². The van der Waals surface area contributed by atoms with Crippen LogP contribution in [0.4, 0.5) is 4.79 Å². The molecule has 0 radical (unpaired) electrons. The van der Waals surface area contributed by atoms with E-state index in [9.17, 15) is 14.4 Å². The molecule has 0 unspecified atom stereocenters. The maximum absolute atomic E-state index is 11.9. The summed E-state index contributed by atoms with van der Waals surface area (Å²) >= 11 is 17.9. The first-order chi connectivity index (χ1) is 12.8. The number of urea groups is 1. The second kappa shape index (κ2) is 8.00. The Labute approximate surface area is 169 Å². The molecule has 1 saturated heterocycles. The van der Waals surface area contributed by atoms with E-state index >= 15 is 0 Å². The van der Waals surface area contributed by atoms with Crippen molar-refractivity contribution in [3.63, 3.8) is 0 Å². The van der Waals surface area contributed by atoms with Crippen LogP contribution < -0.4 is 15.4 Å². The van der Waals surface area contributed by atoms with Crippen molar-refractivity contribution in [1.29, 1.82) is 0 Å². The summed E-state index contributed by atoms with van der Waals surface area (Å²) in [7, 11) is 0. The van der Waals surface area contributed by atoms with E-state index in [1.54, 1.807) is 30.3 Å². The van der Waals surface area contributed by atoms with Crippen molar-refractivity contribution in [2.45, 2.75) is 6.61 Å². The summed E-state index contributed by atoms with van der Waals surface area (Å²) in [6, 6.07) is 8.97. The molecule has 0 aromatic heterocycles. The molecule has 2 aromatic carbocycles. The number of amides is 4. The standard InChI is InChI=1S/C18H11Cl3N2O4/c19-11-2-4-15(27-8-9-1-3-13(20)14(21)5-9)10(6-11)7-12-16(24)22-18(26)23-17(12)25/h1-7H,8H2,(H2,22,23,24,25,26). The third kappa shape index (κ3) is 4.60. The highest BCUT2D eigenvalue weighted by Gasteiger charge is 2.28. The molecule has 3 rings (SSSR count). The van der Waals surface area contributed by atoms with Crippen molar-refractivity contribution in [3.05, 3.63) is 68.2 Å². The third-order valence-electron chi connectivity index (χ3n) is 3.59. The molecule has 1 aliphatic rings. The number of carbonyl (C=O) groups excluding carboxylic acids is 3. The normalized spacial score (nSPS) is 13.9. The van der Waals surface area contributed by atoms with Gasteiger partial charge in [0.15, 0.2) is 0 Å². The Bertz CT molecular complexity index is 967. The summed E-state index contributed by atoms with van der Waals surface area (Å²) in [6.45, 7) is 0.172. The van der Waals surface area contributed by atoms with Gasteiger partial charge in [-0.05, 0) is 42.0 Å². The van der Waals surface area contributed by atoms with Crippen molar-refractivity contribution < 1.29 is 19.1 Å². The Hall–Kier alpha value is -2.54. The first-order valence-electron chi connectivity index (χ1n) is 7.58. The van der Waals surface area contributed by atoms with Crippen LogP contribution in [0.5, 0.6) is 5.75 Å². The monoisotopic (exact) mass is 424 g/mol. The summed E-state index contributed by atoms with van der Waals surface area (Å²) in [4.78, 5) is 35.0. The minimum absolute atomic E-state index is 0.172. The number of imide groups is 2. The Kier molecular flexibility index (Phi) is 5.70. The molecule has 0 spiro atoms. The van der Waals surface area contributed by atoms with Gasteiger partial charge in [0.05, 0.1) is 10.0 Å². The highest BCUT2D eigenvalue weighted by molar-refractivity contribution is 6.42. The van der Waals surface area contributed by atoms with Gasteiger partial charge in [0.25, 0.3) is 11.8 Å². The van der Waals surface area contributed by atoms with Crippen molar-refractivity contribution in [3.8, 4) is 5.75 Å². The number of benzene rings is 2. The van der Waals surface area contributed by atoms with Gasteiger partial charge in [-0.15, -0.1) is 0 Å². The van der Waals surface area contributed by atoms with Crippen LogP contribution in [0.3, 0.4) is 0 Å². The molecule has 6 nitrogen and oxygen atoms in total. The van der Waals surface area contributed by atoms with Crippen molar-refractivity contribution in [1.82, 2.24) is 10.6 Å². The lowest BCUT2D eigenvalue weighted by molar-refractivity contribution is -0.123. The lowest BCUT2D eigenvalue weighted by Crippen LogP contribution is -2.51. The van der Waals surface area contributed by atoms with Crippen LogP contribution in [0.2, 0.25) is 15.1 Å². The Morgan fingerprint density at radius 3 is 2.26 bits per heavy atom. The number of halogens is 3. The second-order valence-corrected chi connectivity index (χ2v) is 6.77. The van der Waals surface area contributed by atoms with Crippen molar-refractivity contribution >= 4 is 58.7 Å². The van der Waals surface area contributed by atoms with Crippen LogP contribution in [0.25, 0.3) is 6.08 Å². The van der Waals surface area contributed by atoms with Gasteiger partial charge in [0.1, 0.15) is 17.9 Å². The highest BCUT2D eigenvalue weighted by atomic mass is 35.5. The maximum Gasteiger partial charge on any atom is 0.328 e. The van der Waals surface area contributed by atoms with Gasteiger partial charge in [-0.25, -0.2) is 4.79 Å². The van der Waals surface area contributed by atoms with E-state index in [-0.39, 0.29) is 12.2 Å². The van der Waals surface area contributed by atoms with E-state index in [2.05, 4.69) is 0 Å². The largest absolute Gasteiger partial charge is 0.488 e. The van der Waals surface area contributed by atoms with E-state index in [0.717, 1.165) is 5.56 Å². The zero-order chi connectivity index (χ0) is 19.6. The molecule has 0 atom stereocenters. The smallest absolute Gasteiger partial charge is 0.328 e. The zero-order valence-corrected chi connectivity index (χ0v) is 15.8. The molecule has 0 saturated carbocycles. The van der Waals surface area contributed by atoms with Crippen molar-refractivity contribution in [2.24, 2.45) is 0 Å². The molecule has 2 N–H and O–H groups in total. The highest BCUT2D eigenvalue weighted by Crippen LogP contribution is 2.28. The lowest BCUT2D eigenvalue weighted by Gasteiger charge is -2.15. The Morgan fingerprint density at radius 1 is 0.889 bits per heavy atom. The second-order valence-electron chi connectivity index (χ2n) is 5.51. The molecular weight excluding hydrogens is 415 g/mol. The minimum atomic E-state index is -0.871. The molecule has 4 amide bonds. The Balaban J connectivity index is 1.88. The van der Waals surface area contributed by atoms with Crippen LogP contribution in [-0.2, 0) is 16.2 Å². The number of nitrogens with one attached hydrogen (secondary N) is 2. The summed E-state index contributed by atoms with van der Waals surface area (Å²) in [6.07, 6.45) is 1.30. The quantitative estimate of drug-likeness (QED) is 0.573. The Morgan fingerprint density at radius 2 is 1.59 bits per heavy atom. The van der Waals surface area contributed by atoms with Gasteiger partial charge in [-0.2, -0.15) is 0 Å². The number of ether oxygens (including phenoxy) is 1. The average Bonchev–Trinajstić information content (AvgIpc) is 2.60. The lowest BCUT2D eigenvalue weighted by atomic mass is 10.1. The summed E-state index contributed by atoms with van der Waals surface area (Å²) in [5.41, 5.74) is 0.935. The first kappa shape index (κ1) is 19.2. The fourth-order valence-corrected chi connectivity index (χ4v) is 2.82. The van der Waals surface area contributed by atoms with Gasteiger partial charge in [-0.3, -0.25) is 20.2 Å². The molecule has 0 aliphatic carbocycles. The number of rotatable bonds is 4. The summed E-state index contributed by atoms with van der Waals surface area (Å²) in [5, 5.41) is 5.23. The molecular formula is C18H11Cl3N2O4. The van der Waals surface area contributed by atoms with Crippen LogP contribution in [0.1, 0.15) is 11.1 Å². The maximum atomic E-state index is 11.9. The predicted octanol–water partition coefficient (Wildman–Crippen LogP) is 3.98. The number of carbonyl (C=O) groups is 3. The predicted molar refractivity (Wildman–Crippen MR) is 102 cm³/mol. The number of hydrogen-bond acceptors (Lipinski definition) is 4. The van der Waals surface area contributed by atoms with Crippen molar-refractivity contribution in [2.75, 3.05) is 0 Å². The van der Waals surface area contributed by atoms with E-state index in [0.29, 0.717) is 26.4 Å². The fourth-order valence-electron chi connectivity index (χ4n) is 2.32. The molecule has 1 aliphatic heterocycles. The molecule has 9 heteroatoms. The van der Waals surface area contributed by atoms with Crippen LogP contribution in [0.15, 0.2) is 42.0 Å². The molecule has 0 bridgehead atoms. The summed E-state index contributed by atoms with van der Waals surface area (Å²) < 4.78 is 5.77. The van der Waals surface area contributed by atoms with Crippen LogP contribution >= 0.6 is 34.8 Å². The molecule has 2 aromatic rings. The SMILES string of the molecule is O=C1NC(=O)C(=Cc2cc(Cl)ccc2OCc2ccc(Cl)c(Cl)c2)C(=O)N1. The van der Waals surface area contributed by atoms with Gasteiger partial charge < -0.3 is 4.74 Å². The number of barbiturate groups is 1. The molecule has 1 fully saturated rings. The van der Waals surface area contributed by atoms with Gasteiger partial charge in [0, 0.05) is 10.6 Å². The van der Waals surface area contributed by atoms with E-state index in [1.807, 2.05) is 10.6 Å². The topological polar surface area (TPSA) is 84.5 Å². The first-order valence-corrected chi connectivity index (χ1v) is 8.71. The molecule has 27 heavy (non-hydrogen) atoms. The number of hydrogen-bond donors (Lipinski definition) is 2. The average molecular weight is 426 g/mol. The van der Waals surface area contributed by atoms with Gasteiger partial charge >= 0.3 is 6.03 Å². The molecule has 138 valence electrons. The van der Waals surface area contributed by atoms with Crippen LogP contribution in [0, 0.1) is 0 Å². The third-order valence-corrected chi connectivity index (χ3v) is 4.57. The van der Waals surface area contributed by atoms with E-state index in [4.69, 9.17) is 39.5 Å². The summed E-state index contributed by atoms with van der Waals surface area (Å²) in [5.74, 6) is -1.23. The minimum Gasteiger partial charge on any atom is -0.488 e. The molecule has 1 heterocycles. The van der Waals surface area contributed by atoms with Gasteiger partial charge in [0.2, 0.25) is 0 Å².